The van der Waals surface area contributed by atoms with E-state index in [0.717, 1.165) is 9.87 Å². The highest BCUT2D eigenvalue weighted by molar-refractivity contribution is 7.89. The van der Waals surface area contributed by atoms with Gasteiger partial charge < -0.3 is 4.74 Å². The molecule has 0 aromatic heterocycles. The number of halogens is 3. The van der Waals surface area contributed by atoms with Crippen molar-refractivity contribution in [2.45, 2.75) is 18.0 Å². The third-order valence-electron chi connectivity index (χ3n) is 5.72. The minimum Gasteiger partial charge on any atom is -0.488 e. The zero-order valence-corrected chi connectivity index (χ0v) is 24.1. The van der Waals surface area contributed by atoms with Gasteiger partial charge in [-0.05, 0) is 54.1 Å². The summed E-state index contributed by atoms with van der Waals surface area (Å²) in [4.78, 5) is 12.8. The first-order valence-electron chi connectivity index (χ1n) is 12.0. The molecular formula is C29H24Cl3N3O4S. The molecule has 4 aromatic rings. The molecule has 4 aromatic carbocycles. The summed E-state index contributed by atoms with van der Waals surface area (Å²) in [6.07, 6.45) is 1.43. The number of carbonyl (C=O) groups is 1. The average Bonchev–Trinajstić information content (AvgIpc) is 2.94. The average molecular weight is 617 g/mol. The molecule has 0 saturated carbocycles. The van der Waals surface area contributed by atoms with E-state index >= 15 is 0 Å². The standard InChI is InChI=1S/C29H24Cl3N3O4S/c30-23-13-15-24(16-14-23)40(37,38)35(18-25-26(31)10-6-11-27(25)32)19-29(36)34-33-17-22-9-4-5-12-28(22)39-20-21-7-2-1-3-8-21/h1-17H,18-20H2,(H,34,36)/b33-17-. The van der Waals surface area contributed by atoms with Crippen molar-refractivity contribution in [3.8, 4) is 5.75 Å². The van der Waals surface area contributed by atoms with Gasteiger partial charge in [-0.2, -0.15) is 9.41 Å². The van der Waals surface area contributed by atoms with Crippen LogP contribution in [0.5, 0.6) is 5.75 Å². The summed E-state index contributed by atoms with van der Waals surface area (Å²) < 4.78 is 33.9. The molecule has 1 N–H and O–H groups in total. The van der Waals surface area contributed by atoms with Gasteiger partial charge in [0.2, 0.25) is 10.0 Å². The Morgan fingerprint density at radius 1 is 0.850 bits per heavy atom. The van der Waals surface area contributed by atoms with Crippen molar-refractivity contribution in [3.63, 3.8) is 0 Å². The van der Waals surface area contributed by atoms with Crippen LogP contribution in [0.2, 0.25) is 15.1 Å². The molecule has 0 aliphatic rings. The van der Waals surface area contributed by atoms with Crippen LogP contribution in [0, 0.1) is 0 Å². The van der Waals surface area contributed by atoms with E-state index in [9.17, 15) is 13.2 Å². The molecular weight excluding hydrogens is 593 g/mol. The number of hydrogen-bond acceptors (Lipinski definition) is 5. The number of benzene rings is 4. The number of rotatable bonds is 11. The molecule has 0 heterocycles. The minimum absolute atomic E-state index is 0.0409. The molecule has 0 unspecified atom stereocenters. The van der Waals surface area contributed by atoms with Crippen LogP contribution in [0.4, 0.5) is 0 Å². The Hall–Kier alpha value is -3.40. The summed E-state index contributed by atoms with van der Waals surface area (Å²) in [5, 5.41) is 4.94. The molecule has 0 saturated heterocycles. The van der Waals surface area contributed by atoms with Crippen LogP contribution < -0.4 is 10.2 Å². The quantitative estimate of drug-likeness (QED) is 0.153. The first-order valence-corrected chi connectivity index (χ1v) is 14.6. The van der Waals surface area contributed by atoms with Gasteiger partial charge >= 0.3 is 0 Å². The van der Waals surface area contributed by atoms with Crippen molar-refractivity contribution in [2.24, 2.45) is 5.10 Å². The number of ether oxygens (including phenoxy) is 1. The number of para-hydroxylation sites is 1. The van der Waals surface area contributed by atoms with Crippen molar-refractivity contribution in [1.29, 1.82) is 0 Å². The Kier molecular flexibility index (Phi) is 10.2. The smallest absolute Gasteiger partial charge is 0.255 e. The fourth-order valence-electron chi connectivity index (χ4n) is 3.66. The molecule has 11 heteroatoms. The lowest BCUT2D eigenvalue weighted by molar-refractivity contribution is -0.121. The fourth-order valence-corrected chi connectivity index (χ4v) is 5.67. The monoisotopic (exact) mass is 615 g/mol. The maximum atomic E-state index is 13.5. The number of nitrogens with zero attached hydrogens (tertiary/aromatic N) is 2. The molecule has 0 atom stereocenters. The first-order chi connectivity index (χ1) is 19.2. The second kappa shape index (κ2) is 13.8. The predicted molar refractivity (Wildman–Crippen MR) is 158 cm³/mol. The SMILES string of the molecule is O=C(CN(Cc1c(Cl)cccc1Cl)S(=O)(=O)c1ccc(Cl)cc1)N/N=C\c1ccccc1OCc1ccccc1. The number of carbonyl (C=O) groups excluding carboxylic acids is 1. The highest BCUT2D eigenvalue weighted by Gasteiger charge is 2.28. The maximum Gasteiger partial charge on any atom is 0.255 e. The molecule has 1 amide bonds. The van der Waals surface area contributed by atoms with Crippen molar-refractivity contribution in [1.82, 2.24) is 9.73 Å². The molecule has 0 radical (unpaired) electrons. The zero-order valence-electron chi connectivity index (χ0n) is 21.0. The van der Waals surface area contributed by atoms with E-state index in [-0.39, 0.29) is 21.5 Å². The van der Waals surface area contributed by atoms with Gasteiger partial charge in [0.05, 0.1) is 17.7 Å². The molecule has 0 fully saturated rings. The highest BCUT2D eigenvalue weighted by Crippen LogP contribution is 2.28. The first kappa shape index (κ1) is 29.6. The Balaban J connectivity index is 1.50. The summed E-state index contributed by atoms with van der Waals surface area (Å²) >= 11 is 18.5. The molecule has 4 rings (SSSR count). The zero-order chi connectivity index (χ0) is 28.5. The number of hydrogen-bond donors (Lipinski definition) is 1. The van der Waals surface area contributed by atoms with Crippen molar-refractivity contribution >= 4 is 56.9 Å². The normalized spacial score (nSPS) is 11.6. The molecule has 40 heavy (non-hydrogen) atoms. The number of hydrazone groups is 1. The number of amides is 1. The van der Waals surface area contributed by atoms with E-state index < -0.39 is 22.5 Å². The predicted octanol–water partition coefficient (Wildman–Crippen LogP) is 6.57. The van der Waals surface area contributed by atoms with E-state index in [0.29, 0.717) is 28.5 Å². The number of sulfonamides is 1. The largest absolute Gasteiger partial charge is 0.488 e. The Morgan fingerprint density at radius 3 is 2.20 bits per heavy atom. The summed E-state index contributed by atoms with van der Waals surface area (Å²) in [6, 6.07) is 27.4. The van der Waals surface area contributed by atoms with Gasteiger partial charge in [-0.15, -0.1) is 0 Å². The lowest BCUT2D eigenvalue weighted by atomic mass is 10.2. The molecule has 0 bridgehead atoms. The lowest BCUT2D eigenvalue weighted by Crippen LogP contribution is -2.39. The van der Waals surface area contributed by atoms with Crippen molar-refractivity contribution in [2.75, 3.05) is 6.54 Å². The molecule has 0 spiro atoms. The van der Waals surface area contributed by atoms with Crippen molar-refractivity contribution < 1.29 is 17.9 Å². The highest BCUT2D eigenvalue weighted by atomic mass is 35.5. The number of nitrogens with one attached hydrogen (secondary N) is 1. The van der Waals surface area contributed by atoms with Gasteiger partial charge in [-0.25, -0.2) is 13.8 Å². The van der Waals surface area contributed by atoms with E-state index in [4.69, 9.17) is 39.5 Å². The van der Waals surface area contributed by atoms with Crippen LogP contribution >= 0.6 is 34.8 Å². The summed E-state index contributed by atoms with van der Waals surface area (Å²) in [6.45, 7) is -0.424. The van der Waals surface area contributed by atoms with Gasteiger partial charge in [0.15, 0.2) is 0 Å². The van der Waals surface area contributed by atoms with Crippen molar-refractivity contribution in [3.05, 3.63) is 129 Å². The molecule has 206 valence electrons. The third-order valence-corrected chi connectivity index (χ3v) is 8.48. The Bertz CT molecular complexity index is 1580. The third kappa shape index (κ3) is 7.84. The lowest BCUT2D eigenvalue weighted by Gasteiger charge is -2.22. The topological polar surface area (TPSA) is 88.1 Å². The summed E-state index contributed by atoms with van der Waals surface area (Å²) in [7, 11) is -4.14. The summed E-state index contributed by atoms with van der Waals surface area (Å²) in [5.41, 5.74) is 4.39. The van der Waals surface area contributed by atoms with Crippen LogP contribution in [-0.2, 0) is 28.0 Å². The van der Waals surface area contributed by atoms with Gasteiger partial charge in [0.1, 0.15) is 12.4 Å². The molecule has 0 aliphatic heterocycles. The van der Waals surface area contributed by atoms with Crippen LogP contribution in [-0.4, -0.2) is 31.4 Å². The maximum absolute atomic E-state index is 13.5. The van der Waals surface area contributed by atoms with E-state index in [1.165, 1.54) is 30.5 Å². The molecule has 7 nitrogen and oxygen atoms in total. The van der Waals surface area contributed by atoms with E-state index in [1.807, 2.05) is 42.5 Å². The van der Waals surface area contributed by atoms with Crippen LogP contribution in [0.25, 0.3) is 0 Å². The Labute approximate surface area is 248 Å². The van der Waals surface area contributed by atoms with Gasteiger partial charge in [-0.3, -0.25) is 4.79 Å². The second-order valence-corrected chi connectivity index (χ2v) is 11.7. The minimum atomic E-state index is -4.14. The van der Waals surface area contributed by atoms with E-state index in [1.54, 1.807) is 30.3 Å². The Morgan fingerprint density at radius 2 is 1.50 bits per heavy atom. The van der Waals surface area contributed by atoms with Crippen LogP contribution in [0.1, 0.15) is 16.7 Å². The fraction of sp³-hybridized carbons (Fsp3) is 0.103. The second-order valence-electron chi connectivity index (χ2n) is 8.53. The van der Waals surface area contributed by atoms with Crippen LogP contribution in [0.15, 0.2) is 107 Å². The van der Waals surface area contributed by atoms with Gasteiger partial charge in [-0.1, -0.05) is 83.3 Å². The summed E-state index contributed by atoms with van der Waals surface area (Å²) in [5.74, 6) is -0.0932. The molecule has 0 aliphatic carbocycles. The van der Waals surface area contributed by atoms with Gasteiger partial charge in [0.25, 0.3) is 5.91 Å². The van der Waals surface area contributed by atoms with Crippen LogP contribution in [0.3, 0.4) is 0 Å². The van der Waals surface area contributed by atoms with E-state index in [2.05, 4.69) is 10.5 Å². The van der Waals surface area contributed by atoms with Gasteiger partial charge in [0, 0.05) is 32.7 Å².